The van der Waals surface area contributed by atoms with Crippen LogP contribution in [0.25, 0.3) is 0 Å². The highest BCUT2D eigenvalue weighted by Gasteiger charge is 1.95. The Kier molecular flexibility index (Phi) is 5.48. The quantitative estimate of drug-likeness (QED) is 0.567. The lowest BCUT2D eigenvalue weighted by Gasteiger charge is -1.98. The molecule has 0 saturated carbocycles. The normalized spacial score (nSPS) is 9.32. The summed E-state index contributed by atoms with van der Waals surface area (Å²) in [5.41, 5.74) is 2.35. The molecule has 2 heterocycles. The van der Waals surface area contributed by atoms with Crippen LogP contribution in [0.1, 0.15) is 17.5 Å². The number of nitrogens with zero attached hydrogens (tertiary/aromatic N) is 6. The maximum atomic E-state index is 5.08. The second-order valence-corrected chi connectivity index (χ2v) is 3.42. The molecule has 2 rings (SSSR count). The van der Waals surface area contributed by atoms with E-state index in [1.807, 2.05) is 0 Å². The van der Waals surface area contributed by atoms with Gasteiger partial charge in [-0.15, -0.1) is 0 Å². The van der Waals surface area contributed by atoms with Gasteiger partial charge in [-0.3, -0.25) is 5.43 Å². The molecule has 0 spiro atoms. The minimum atomic E-state index is 0.363. The third kappa shape index (κ3) is 5.17. The first-order chi connectivity index (χ1) is 9.05. The minimum absolute atomic E-state index is 0.363. The molecule has 19 heavy (non-hydrogen) atoms. The van der Waals surface area contributed by atoms with Crippen molar-refractivity contribution >= 4 is 5.95 Å². The van der Waals surface area contributed by atoms with Gasteiger partial charge in [0.2, 0.25) is 5.95 Å². The lowest BCUT2D eigenvalue weighted by Crippen LogP contribution is -2.12. The van der Waals surface area contributed by atoms with Crippen LogP contribution in [-0.2, 0) is 0 Å². The number of aryl methyl sites for hydroxylation is 3. The first kappa shape index (κ1) is 14.6. The summed E-state index contributed by atoms with van der Waals surface area (Å²) in [4.78, 5) is 23.1. The highest BCUT2D eigenvalue weighted by atomic mass is 16.5. The number of nitrogens with two attached hydrogens (primary N) is 1. The maximum absolute atomic E-state index is 5.08. The number of nitrogen functional groups attached to an aromatic ring is 1. The first-order valence-corrected chi connectivity index (χ1v) is 5.40. The van der Waals surface area contributed by atoms with Crippen molar-refractivity contribution in [1.82, 2.24) is 29.9 Å². The molecule has 0 unspecified atom stereocenters. The van der Waals surface area contributed by atoms with Crippen molar-refractivity contribution in [2.45, 2.75) is 20.8 Å². The van der Waals surface area contributed by atoms with Crippen LogP contribution in [0.5, 0.6) is 6.01 Å². The van der Waals surface area contributed by atoms with Crippen molar-refractivity contribution in [2.75, 3.05) is 12.5 Å². The van der Waals surface area contributed by atoms with Gasteiger partial charge in [-0.25, -0.2) is 15.8 Å². The molecular formula is C10H16N8O. The smallest absolute Gasteiger partial charge is 0.319 e. The number of anilines is 1. The van der Waals surface area contributed by atoms with E-state index in [-0.39, 0.29) is 0 Å². The number of methoxy groups -OCH3 is 1. The summed E-state index contributed by atoms with van der Waals surface area (Å²) >= 11 is 0. The number of hydrazine groups is 1. The fourth-order valence-corrected chi connectivity index (χ4v) is 1.14. The molecule has 0 aromatic carbocycles. The topological polar surface area (TPSA) is 125 Å². The zero-order valence-electron chi connectivity index (χ0n) is 11.2. The SMILES string of the molecule is COc1ncnc(C)n1.Cc1nc(C)nc(NN)n1. The predicted molar refractivity (Wildman–Crippen MR) is 68.2 cm³/mol. The van der Waals surface area contributed by atoms with E-state index in [0.717, 1.165) is 0 Å². The van der Waals surface area contributed by atoms with Crippen molar-refractivity contribution in [2.24, 2.45) is 5.84 Å². The molecule has 102 valence electrons. The zero-order chi connectivity index (χ0) is 14.3. The van der Waals surface area contributed by atoms with Gasteiger partial charge in [-0.1, -0.05) is 0 Å². The van der Waals surface area contributed by atoms with Crippen molar-refractivity contribution in [3.63, 3.8) is 0 Å². The summed E-state index contributed by atoms with van der Waals surface area (Å²) in [6, 6.07) is 0.363. The Morgan fingerprint density at radius 1 is 0.947 bits per heavy atom. The van der Waals surface area contributed by atoms with Crippen molar-refractivity contribution in [3.05, 3.63) is 23.8 Å². The number of hydrogen-bond donors (Lipinski definition) is 2. The van der Waals surface area contributed by atoms with Gasteiger partial charge < -0.3 is 4.74 Å². The summed E-state index contributed by atoms with van der Waals surface area (Å²) in [6.07, 6.45) is 1.42. The summed E-state index contributed by atoms with van der Waals surface area (Å²) in [6.45, 7) is 5.36. The number of rotatable bonds is 2. The van der Waals surface area contributed by atoms with Gasteiger partial charge in [0.05, 0.1) is 7.11 Å². The minimum Gasteiger partial charge on any atom is -0.467 e. The first-order valence-electron chi connectivity index (χ1n) is 5.40. The van der Waals surface area contributed by atoms with E-state index in [0.29, 0.717) is 29.4 Å². The van der Waals surface area contributed by atoms with E-state index in [2.05, 4.69) is 35.3 Å². The zero-order valence-corrected chi connectivity index (χ0v) is 11.2. The monoisotopic (exact) mass is 264 g/mol. The molecule has 0 fully saturated rings. The Hall–Kier alpha value is -2.42. The Morgan fingerprint density at radius 3 is 2.00 bits per heavy atom. The van der Waals surface area contributed by atoms with Gasteiger partial charge in [-0.05, 0) is 20.8 Å². The van der Waals surface area contributed by atoms with Crippen LogP contribution in [0, 0.1) is 20.8 Å². The molecular weight excluding hydrogens is 248 g/mol. The maximum Gasteiger partial charge on any atom is 0.319 e. The average molecular weight is 264 g/mol. The van der Waals surface area contributed by atoms with E-state index >= 15 is 0 Å². The molecule has 0 atom stereocenters. The van der Waals surface area contributed by atoms with Gasteiger partial charge >= 0.3 is 6.01 Å². The summed E-state index contributed by atoms with van der Waals surface area (Å²) in [5.74, 6) is 7.49. The molecule has 0 bridgehead atoms. The molecule has 2 aromatic rings. The van der Waals surface area contributed by atoms with Crippen LogP contribution < -0.4 is 16.0 Å². The van der Waals surface area contributed by atoms with Gasteiger partial charge in [0.25, 0.3) is 0 Å². The largest absolute Gasteiger partial charge is 0.467 e. The third-order valence-corrected chi connectivity index (χ3v) is 1.84. The Balaban J connectivity index is 0.000000191. The van der Waals surface area contributed by atoms with Crippen LogP contribution in [0.2, 0.25) is 0 Å². The molecule has 3 N–H and O–H groups in total. The summed E-state index contributed by atoms with van der Waals surface area (Å²) in [5, 5.41) is 0. The fraction of sp³-hybridized carbons (Fsp3) is 0.400. The molecule has 0 radical (unpaired) electrons. The Labute approximate surface area is 110 Å². The standard InChI is InChI=1S/C5H9N5.C5H7N3O/c1-3-7-4(2)9-5(8-3)10-6;1-4-6-3-7-5(8-4)9-2/h6H2,1-2H3,(H,7,8,9,10);3H,1-2H3. The van der Waals surface area contributed by atoms with Gasteiger partial charge in [0, 0.05) is 0 Å². The molecule has 0 aliphatic carbocycles. The van der Waals surface area contributed by atoms with Crippen molar-refractivity contribution < 1.29 is 4.74 Å². The average Bonchev–Trinajstić information content (AvgIpc) is 2.38. The second-order valence-electron chi connectivity index (χ2n) is 3.42. The molecule has 0 aliphatic rings. The highest BCUT2D eigenvalue weighted by Crippen LogP contribution is 1.96. The molecule has 9 heteroatoms. The Bertz CT molecular complexity index is 512. The lowest BCUT2D eigenvalue weighted by atomic mass is 10.6. The van der Waals surface area contributed by atoms with Crippen LogP contribution in [0.3, 0.4) is 0 Å². The number of hydrogen-bond acceptors (Lipinski definition) is 9. The van der Waals surface area contributed by atoms with Crippen LogP contribution in [0.15, 0.2) is 6.33 Å². The summed E-state index contributed by atoms with van der Waals surface area (Å²) in [7, 11) is 1.52. The van der Waals surface area contributed by atoms with E-state index in [4.69, 9.17) is 10.6 Å². The number of nitrogens with one attached hydrogen (secondary N) is 1. The van der Waals surface area contributed by atoms with Gasteiger partial charge in [0.15, 0.2) is 0 Å². The molecule has 2 aromatic heterocycles. The molecule has 0 saturated heterocycles. The number of aromatic nitrogens is 6. The number of ether oxygens (including phenoxy) is 1. The van der Waals surface area contributed by atoms with Gasteiger partial charge in [-0.2, -0.15) is 19.9 Å². The van der Waals surface area contributed by atoms with Crippen LogP contribution >= 0.6 is 0 Å². The predicted octanol–water partition coefficient (Wildman–Crippen LogP) is -0.0373. The molecule has 0 aliphatic heterocycles. The second kappa shape index (κ2) is 7.11. The Morgan fingerprint density at radius 2 is 1.58 bits per heavy atom. The van der Waals surface area contributed by atoms with E-state index in [1.54, 1.807) is 20.8 Å². The third-order valence-electron chi connectivity index (χ3n) is 1.84. The van der Waals surface area contributed by atoms with Crippen molar-refractivity contribution in [3.8, 4) is 6.01 Å². The van der Waals surface area contributed by atoms with Crippen molar-refractivity contribution in [1.29, 1.82) is 0 Å². The van der Waals surface area contributed by atoms with E-state index in [9.17, 15) is 0 Å². The van der Waals surface area contributed by atoms with Crippen LogP contribution in [-0.4, -0.2) is 37.0 Å². The van der Waals surface area contributed by atoms with E-state index in [1.165, 1.54) is 13.4 Å². The summed E-state index contributed by atoms with van der Waals surface area (Å²) < 4.78 is 4.73. The molecule has 0 amide bonds. The fourth-order valence-electron chi connectivity index (χ4n) is 1.14. The van der Waals surface area contributed by atoms with Gasteiger partial charge in [0.1, 0.15) is 23.8 Å². The lowest BCUT2D eigenvalue weighted by molar-refractivity contribution is 0.376. The van der Waals surface area contributed by atoms with Crippen LogP contribution in [0.4, 0.5) is 5.95 Å². The highest BCUT2D eigenvalue weighted by molar-refractivity contribution is 5.20. The molecule has 9 nitrogen and oxygen atoms in total. The van der Waals surface area contributed by atoms with E-state index < -0.39 is 0 Å².